The molecule has 1 saturated carbocycles. The molecule has 3 N–H and O–H groups in total. The van der Waals surface area contributed by atoms with Gasteiger partial charge < -0.3 is 25.3 Å². The minimum Gasteiger partial charge on any atom is -0.378 e. The van der Waals surface area contributed by atoms with Gasteiger partial charge in [-0.3, -0.25) is 4.79 Å². The number of hydrogen-bond donors (Lipinski definition) is 3. The first-order valence-electron chi connectivity index (χ1n) is 14.5. The van der Waals surface area contributed by atoms with Crippen LogP contribution in [0.5, 0.6) is 0 Å². The highest BCUT2D eigenvalue weighted by Crippen LogP contribution is 2.34. The lowest BCUT2D eigenvalue weighted by Gasteiger charge is -2.28. The summed E-state index contributed by atoms with van der Waals surface area (Å²) in [6.45, 7) is 3.84. The van der Waals surface area contributed by atoms with Crippen molar-refractivity contribution >= 4 is 50.0 Å². The van der Waals surface area contributed by atoms with E-state index in [2.05, 4.69) is 25.5 Å². The highest BCUT2D eigenvalue weighted by Gasteiger charge is 2.42. The Morgan fingerprint density at radius 3 is 2.44 bits per heavy atom. The molecule has 2 aromatic heterocycles. The van der Waals surface area contributed by atoms with Crippen LogP contribution in [0.1, 0.15) is 35.2 Å². The van der Waals surface area contributed by atoms with Gasteiger partial charge in [-0.15, -0.1) is 0 Å². The number of benzene rings is 2. The van der Waals surface area contributed by atoms with E-state index < -0.39 is 15.8 Å². The number of nitrogens with zero attached hydrogens (tertiary/aromatic N) is 4. The summed E-state index contributed by atoms with van der Waals surface area (Å²) < 4.78 is 46.2. The van der Waals surface area contributed by atoms with Crippen molar-refractivity contribution in [3.63, 3.8) is 0 Å². The Labute approximate surface area is 248 Å². The molecule has 0 radical (unpaired) electrons. The number of nitrogens with one attached hydrogen (secondary N) is 3. The van der Waals surface area contributed by atoms with Gasteiger partial charge in [-0.2, -0.15) is 14.3 Å². The second-order valence-corrected chi connectivity index (χ2v) is 13.4. The third kappa shape index (κ3) is 5.67. The molecule has 0 bridgehead atoms. The van der Waals surface area contributed by atoms with E-state index in [1.54, 1.807) is 10.5 Å². The first-order valence-corrected chi connectivity index (χ1v) is 16.0. The van der Waals surface area contributed by atoms with Gasteiger partial charge in [0.1, 0.15) is 17.3 Å². The minimum absolute atomic E-state index is 0.198. The Kier molecular flexibility index (Phi) is 7.23. The van der Waals surface area contributed by atoms with Crippen LogP contribution in [-0.4, -0.2) is 84.1 Å². The number of ketones is 1. The summed E-state index contributed by atoms with van der Waals surface area (Å²) in [6, 6.07) is 13.2. The molecule has 0 unspecified atom stereocenters. The Balaban J connectivity index is 1.19. The molecule has 3 aliphatic rings. The molecule has 0 spiro atoms. The van der Waals surface area contributed by atoms with Gasteiger partial charge in [-0.05, 0) is 67.8 Å². The van der Waals surface area contributed by atoms with Crippen molar-refractivity contribution in [1.29, 1.82) is 0 Å². The van der Waals surface area contributed by atoms with Crippen molar-refractivity contribution in [2.24, 2.45) is 0 Å². The lowest BCUT2D eigenvalue weighted by atomic mass is 10.0. The number of carbonyl (C=O) groups is 1. The number of carbonyl (C=O) groups excluding carboxylic acids is 1. The fourth-order valence-electron chi connectivity index (χ4n) is 5.68. The van der Waals surface area contributed by atoms with Crippen LogP contribution in [0.15, 0.2) is 54.7 Å². The maximum atomic E-state index is 13.5. The van der Waals surface area contributed by atoms with E-state index in [1.807, 2.05) is 24.3 Å². The number of hydrogen-bond acceptors (Lipinski definition) is 9. The lowest BCUT2D eigenvalue weighted by Crippen LogP contribution is -2.36. The number of anilines is 4. The fraction of sp³-hybridized carbons (Fsp3) is 0.367. The third-order valence-electron chi connectivity index (χ3n) is 8.18. The predicted molar refractivity (Wildman–Crippen MR) is 162 cm³/mol. The third-order valence-corrected chi connectivity index (χ3v) is 10.5. The van der Waals surface area contributed by atoms with Crippen LogP contribution in [-0.2, 0) is 14.8 Å². The van der Waals surface area contributed by atoms with Crippen LogP contribution in [0.2, 0.25) is 0 Å². The van der Waals surface area contributed by atoms with Crippen molar-refractivity contribution in [1.82, 2.24) is 19.3 Å². The van der Waals surface area contributed by atoms with Crippen LogP contribution in [0.3, 0.4) is 0 Å². The zero-order valence-electron chi connectivity index (χ0n) is 23.4. The number of H-pyrrole nitrogens is 1. The number of sulfonamides is 1. The van der Waals surface area contributed by atoms with E-state index in [1.165, 1.54) is 24.3 Å². The second kappa shape index (κ2) is 11.2. The number of rotatable bonds is 9. The Morgan fingerprint density at radius 1 is 0.977 bits per heavy atom. The Morgan fingerprint density at radius 2 is 1.72 bits per heavy atom. The predicted octanol–water partition coefficient (Wildman–Crippen LogP) is 3.89. The molecule has 2 aliphatic heterocycles. The first kappa shape index (κ1) is 27.7. The van der Waals surface area contributed by atoms with Crippen molar-refractivity contribution < 1.29 is 22.3 Å². The summed E-state index contributed by atoms with van der Waals surface area (Å²) in [6.07, 6.45) is 3.61. The summed E-state index contributed by atoms with van der Waals surface area (Å²) >= 11 is 0. The van der Waals surface area contributed by atoms with E-state index >= 15 is 0 Å². The summed E-state index contributed by atoms with van der Waals surface area (Å²) in [5, 5.41) is 6.90. The number of fused-ring (bicyclic) bond motifs is 1. The highest BCUT2D eigenvalue weighted by atomic mass is 32.2. The average Bonchev–Trinajstić information content (AvgIpc) is 3.64. The SMILES string of the molecule is O=C(c1ccc(F)cc1)c1c[nH]c2nc(Nc3ccc(N4CCOCC4)cc3)nc(N[C@H]3CCN(S(=O)(=O)C4CC4)C3)c12. The van der Waals surface area contributed by atoms with Crippen molar-refractivity contribution in [3.8, 4) is 0 Å². The maximum Gasteiger partial charge on any atom is 0.231 e. The number of ether oxygens (including phenoxy) is 1. The summed E-state index contributed by atoms with van der Waals surface area (Å²) in [4.78, 5) is 28.3. The molecule has 3 fully saturated rings. The van der Waals surface area contributed by atoms with Gasteiger partial charge >= 0.3 is 0 Å². The highest BCUT2D eigenvalue weighted by molar-refractivity contribution is 7.90. The van der Waals surface area contributed by atoms with E-state index in [0.717, 1.165) is 24.5 Å². The quantitative estimate of drug-likeness (QED) is 0.243. The van der Waals surface area contributed by atoms with Crippen molar-refractivity contribution in [2.75, 3.05) is 54.9 Å². The molecule has 11 nitrogen and oxygen atoms in total. The molecule has 13 heteroatoms. The molecule has 2 saturated heterocycles. The zero-order valence-corrected chi connectivity index (χ0v) is 24.2. The van der Waals surface area contributed by atoms with Crippen molar-refractivity contribution in [3.05, 3.63) is 71.7 Å². The monoisotopic (exact) mass is 605 g/mol. The summed E-state index contributed by atoms with van der Waals surface area (Å²) in [5.41, 5.74) is 3.01. The average molecular weight is 606 g/mol. The van der Waals surface area contributed by atoms with Crippen LogP contribution >= 0.6 is 0 Å². The van der Waals surface area contributed by atoms with Crippen LogP contribution in [0.25, 0.3) is 11.0 Å². The topological polar surface area (TPSA) is 133 Å². The van der Waals surface area contributed by atoms with Gasteiger partial charge in [0.15, 0.2) is 5.78 Å². The molecular formula is C30H32FN7O4S. The fourth-order valence-corrected chi connectivity index (χ4v) is 7.58. The molecule has 4 heterocycles. The van der Waals surface area contributed by atoms with Crippen molar-refractivity contribution in [2.45, 2.75) is 30.6 Å². The normalized spacial score (nSPS) is 19.6. The number of aromatic nitrogens is 3. The molecule has 1 aliphatic carbocycles. The molecule has 7 rings (SSSR count). The zero-order chi connectivity index (χ0) is 29.6. The van der Waals surface area contributed by atoms with Gasteiger partial charge in [0.05, 0.1) is 29.4 Å². The van der Waals surface area contributed by atoms with E-state index in [9.17, 15) is 17.6 Å². The number of aromatic amines is 1. The van der Waals surface area contributed by atoms with E-state index in [-0.39, 0.29) is 17.1 Å². The van der Waals surface area contributed by atoms with Crippen LogP contribution in [0, 0.1) is 5.82 Å². The number of halogens is 1. The van der Waals surface area contributed by atoms with Gasteiger partial charge in [0.2, 0.25) is 16.0 Å². The Hall–Kier alpha value is -4.07. The molecular weight excluding hydrogens is 573 g/mol. The van der Waals surface area contributed by atoms with Gasteiger partial charge in [-0.25, -0.2) is 12.8 Å². The number of morpholine rings is 1. The van der Waals surface area contributed by atoms with Gasteiger partial charge in [0, 0.05) is 55.4 Å². The molecule has 2 aromatic carbocycles. The van der Waals surface area contributed by atoms with Crippen LogP contribution < -0.4 is 15.5 Å². The van der Waals surface area contributed by atoms with E-state index in [4.69, 9.17) is 9.72 Å². The first-order chi connectivity index (χ1) is 20.8. The standard InChI is InChI=1S/C30H32FN7O4S/c31-20-3-1-19(2-4-20)27(39)25-17-32-28-26(25)29(33-22-11-12-38(18-22)43(40,41)24-9-10-24)36-30(35-28)34-21-5-7-23(8-6-21)37-13-15-42-16-14-37/h1-8,17,22,24H,9-16,18H2,(H3,32,33,34,35,36)/t22-/m0/s1. The van der Waals surface area contributed by atoms with Crippen LogP contribution in [0.4, 0.5) is 27.5 Å². The summed E-state index contributed by atoms with van der Waals surface area (Å²) in [5.74, 6) is 0.000458. The van der Waals surface area contributed by atoms with E-state index in [0.29, 0.717) is 79.5 Å². The minimum atomic E-state index is -3.30. The molecule has 224 valence electrons. The lowest BCUT2D eigenvalue weighted by molar-refractivity contribution is 0.104. The van der Waals surface area contributed by atoms with Gasteiger partial charge in [0.25, 0.3) is 0 Å². The Bertz CT molecular complexity index is 1750. The molecule has 43 heavy (non-hydrogen) atoms. The maximum absolute atomic E-state index is 13.5. The van der Waals surface area contributed by atoms with Gasteiger partial charge in [-0.1, -0.05) is 0 Å². The summed E-state index contributed by atoms with van der Waals surface area (Å²) in [7, 11) is -3.30. The smallest absolute Gasteiger partial charge is 0.231 e. The molecule has 0 amide bonds. The second-order valence-electron chi connectivity index (χ2n) is 11.2. The molecule has 1 atom stereocenters. The largest absolute Gasteiger partial charge is 0.378 e. The molecule has 4 aromatic rings.